The maximum atomic E-state index is 12.7. The molecule has 0 saturated carbocycles. The van der Waals surface area contributed by atoms with Crippen LogP contribution in [0.4, 0.5) is 11.5 Å². The number of nitriles is 1. The van der Waals surface area contributed by atoms with E-state index in [-0.39, 0.29) is 4.99 Å². The lowest BCUT2D eigenvalue weighted by molar-refractivity contribution is -0.119. The molecule has 0 fully saturated rings. The van der Waals surface area contributed by atoms with E-state index in [1.165, 1.54) is 16.0 Å². The van der Waals surface area contributed by atoms with Crippen molar-refractivity contribution >= 4 is 64.1 Å². The maximum Gasteiger partial charge on any atom is 0.284 e. The van der Waals surface area contributed by atoms with Gasteiger partial charge in [-0.05, 0) is 29.9 Å². The Bertz CT molecular complexity index is 1260. The second-order valence-corrected chi connectivity index (χ2v) is 8.75. The Labute approximate surface area is 192 Å². The largest absolute Gasteiger partial charge is 0.320 e. The van der Waals surface area contributed by atoms with E-state index in [1.54, 1.807) is 24.3 Å². The van der Waals surface area contributed by atoms with Gasteiger partial charge in [-0.25, -0.2) is 4.68 Å². The molecule has 0 radical (unpaired) electrons. The number of nitrogens with zero attached hydrogens (tertiary/aromatic N) is 2. The van der Waals surface area contributed by atoms with Crippen molar-refractivity contribution < 1.29 is 9.59 Å². The van der Waals surface area contributed by atoms with Crippen LogP contribution in [0.2, 0.25) is 0 Å². The first kappa shape index (κ1) is 20.9. The zero-order valence-electron chi connectivity index (χ0n) is 15.9. The van der Waals surface area contributed by atoms with Gasteiger partial charge in [0, 0.05) is 11.6 Å². The van der Waals surface area contributed by atoms with Crippen LogP contribution in [0.1, 0.15) is 16.4 Å². The van der Waals surface area contributed by atoms with Gasteiger partial charge < -0.3 is 10.6 Å². The molecule has 4 rings (SSSR count). The van der Waals surface area contributed by atoms with Crippen molar-refractivity contribution in [2.45, 2.75) is 5.92 Å². The summed E-state index contributed by atoms with van der Waals surface area (Å²) in [4.78, 5) is 25.8. The SMILES string of the molecule is N#CC1C(=O)Nc2c(sc(=S)n2NC(=S)C(=O)Nc2ccccc2)C1c1ccccc1. The predicted octanol–water partition coefficient (Wildman–Crippen LogP) is 4.01. The van der Waals surface area contributed by atoms with Crippen LogP contribution in [-0.4, -0.2) is 21.5 Å². The summed E-state index contributed by atoms with van der Waals surface area (Å²) < 4.78 is 1.77. The van der Waals surface area contributed by atoms with E-state index < -0.39 is 23.7 Å². The number of hydrogen-bond donors (Lipinski definition) is 3. The molecule has 31 heavy (non-hydrogen) atoms. The van der Waals surface area contributed by atoms with Crippen molar-refractivity contribution in [2.75, 3.05) is 16.1 Å². The monoisotopic (exact) mass is 465 g/mol. The lowest BCUT2D eigenvalue weighted by Crippen LogP contribution is -2.37. The van der Waals surface area contributed by atoms with Crippen molar-refractivity contribution in [3.63, 3.8) is 0 Å². The van der Waals surface area contributed by atoms with Gasteiger partial charge in [0.15, 0.2) is 8.94 Å². The van der Waals surface area contributed by atoms with Crippen LogP contribution < -0.4 is 16.1 Å². The Kier molecular flexibility index (Phi) is 5.90. The standard InChI is InChI=1S/C21H15N5O2S3/c22-11-14-15(12-7-3-1-4-8-12)16-17(24-18(14)27)26(21(30)31-16)25-20(29)19(28)23-13-9-5-2-6-10-13/h1-10,14-15H,(H,23,28)(H,24,27)(H,25,29). The predicted molar refractivity (Wildman–Crippen MR) is 126 cm³/mol. The quantitative estimate of drug-likeness (QED) is 0.506. The molecule has 0 bridgehead atoms. The first-order valence-corrected chi connectivity index (χ1v) is 10.8. The van der Waals surface area contributed by atoms with Crippen LogP contribution in [-0.2, 0) is 9.59 Å². The number of rotatable bonds is 3. The van der Waals surface area contributed by atoms with Crippen LogP contribution in [0.25, 0.3) is 0 Å². The molecule has 1 aromatic heterocycles. The fraction of sp³-hybridized carbons (Fsp3) is 0.0952. The van der Waals surface area contributed by atoms with Gasteiger partial charge in [0.1, 0.15) is 11.7 Å². The summed E-state index contributed by atoms with van der Waals surface area (Å²) in [5, 5.41) is 15.1. The molecule has 3 N–H and O–H groups in total. The van der Waals surface area contributed by atoms with E-state index in [1.807, 2.05) is 36.4 Å². The van der Waals surface area contributed by atoms with Gasteiger partial charge in [-0.2, -0.15) is 5.26 Å². The first-order chi connectivity index (χ1) is 15.0. The Morgan fingerprint density at radius 1 is 1.13 bits per heavy atom. The normalized spacial score (nSPS) is 17.1. The molecule has 154 valence electrons. The summed E-state index contributed by atoms with van der Waals surface area (Å²) in [6.45, 7) is 0. The topological polar surface area (TPSA) is 98.9 Å². The van der Waals surface area contributed by atoms with Gasteiger partial charge in [-0.15, -0.1) is 11.3 Å². The number of thiazole rings is 1. The molecule has 2 atom stereocenters. The highest BCUT2D eigenvalue weighted by atomic mass is 32.1. The summed E-state index contributed by atoms with van der Waals surface area (Å²) in [5.74, 6) is -1.94. The highest BCUT2D eigenvalue weighted by molar-refractivity contribution is 7.82. The van der Waals surface area contributed by atoms with E-state index in [0.29, 0.717) is 15.5 Å². The number of para-hydroxylation sites is 1. The third-order valence-electron chi connectivity index (χ3n) is 4.73. The molecule has 7 nitrogen and oxygen atoms in total. The van der Waals surface area contributed by atoms with Crippen LogP contribution in [0, 0.1) is 21.2 Å². The van der Waals surface area contributed by atoms with Crippen LogP contribution in [0.15, 0.2) is 60.7 Å². The summed E-state index contributed by atoms with van der Waals surface area (Å²) in [6.07, 6.45) is 0. The molecule has 2 unspecified atom stereocenters. The average molecular weight is 466 g/mol. The Morgan fingerprint density at radius 3 is 2.42 bits per heavy atom. The van der Waals surface area contributed by atoms with Crippen molar-refractivity contribution in [3.05, 3.63) is 75.1 Å². The summed E-state index contributed by atoms with van der Waals surface area (Å²) in [5.41, 5.74) is 4.24. The Balaban J connectivity index is 1.66. The first-order valence-electron chi connectivity index (χ1n) is 9.18. The van der Waals surface area contributed by atoms with Crippen molar-refractivity contribution in [1.82, 2.24) is 4.68 Å². The summed E-state index contributed by atoms with van der Waals surface area (Å²) >= 11 is 12.0. The van der Waals surface area contributed by atoms with Gasteiger partial charge in [-0.3, -0.25) is 15.0 Å². The number of aromatic nitrogens is 1. The van der Waals surface area contributed by atoms with Gasteiger partial charge in [0.2, 0.25) is 5.91 Å². The minimum atomic E-state index is -0.898. The number of anilines is 2. The summed E-state index contributed by atoms with van der Waals surface area (Å²) in [6, 6.07) is 20.3. The minimum Gasteiger partial charge on any atom is -0.320 e. The molecule has 3 aromatic rings. The highest BCUT2D eigenvalue weighted by Gasteiger charge is 2.40. The van der Waals surface area contributed by atoms with E-state index in [2.05, 4.69) is 22.1 Å². The van der Waals surface area contributed by atoms with Crippen LogP contribution in [0.3, 0.4) is 0 Å². The van der Waals surface area contributed by atoms with Crippen molar-refractivity contribution in [1.29, 1.82) is 5.26 Å². The van der Waals surface area contributed by atoms with Gasteiger partial charge in [-0.1, -0.05) is 60.7 Å². The number of thiocarbonyl (C=S) groups is 1. The maximum absolute atomic E-state index is 12.7. The fourth-order valence-electron chi connectivity index (χ4n) is 3.32. The molecule has 1 aliphatic heterocycles. The fourth-order valence-corrected chi connectivity index (χ4v) is 4.92. The third kappa shape index (κ3) is 4.11. The molecule has 0 spiro atoms. The average Bonchev–Trinajstić information content (AvgIpc) is 3.08. The van der Waals surface area contributed by atoms with E-state index in [0.717, 1.165) is 10.4 Å². The molecule has 0 saturated heterocycles. The highest BCUT2D eigenvalue weighted by Crippen LogP contribution is 2.43. The smallest absolute Gasteiger partial charge is 0.284 e. The molecule has 2 amide bonds. The Morgan fingerprint density at radius 2 is 1.77 bits per heavy atom. The molecule has 1 aliphatic rings. The van der Waals surface area contributed by atoms with Crippen LogP contribution in [0.5, 0.6) is 0 Å². The van der Waals surface area contributed by atoms with E-state index >= 15 is 0 Å². The third-order valence-corrected chi connectivity index (χ3v) is 6.46. The molecule has 2 heterocycles. The zero-order valence-corrected chi connectivity index (χ0v) is 18.3. The van der Waals surface area contributed by atoms with Crippen LogP contribution >= 0.6 is 35.8 Å². The number of carbonyl (C=O) groups is 2. The van der Waals surface area contributed by atoms with Gasteiger partial charge in [0.25, 0.3) is 5.91 Å². The van der Waals surface area contributed by atoms with E-state index in [9.17, 15) is 14.9 Å². The molecular weight excluding hydrogens is 450 g/mol. The number of hydrogen-bond acceptors (Lipinski definition) is 6. The molecule has 0 aliphatic carbocycles. The second-order valence-electron chi connectivity index (χ2n) is 6.66. The lowest BCUT2D eigenvalue weighted by atomic mass is 9.83. The number of nitrogens with one attached hydrogen (secondary N) is 3. The van der Waals surface area contributed by atoms with Crippen molar-refractivity contribution in [3.8, 4) is 6.07 Å². The zero-order chi connectivity index (χ0) is 22.0. The molecule has 10 heteroatoms. The summed E-state index contributed by atoms with van der Waals surface area (Å²) in [7, 11) is 0. The second kappa shape index (κ2) is 8.77. The molecule has 2 aromatic carbocycles. The number of benzene rings is 2. The number of fused-ring (bicyclic) bond motifs is 1. The van der Waals surface area contributed by atoms with E-state index in [4.69, 9.17) is 24.4 Å². The lowest BCUT2D eigenvalue weighted by Gasteiger charge is -2.27. The Hall–Kier alpha value is -3.39. The minimum absolute atomic E-state index is 0.117. The number of carbonyl (C=O) groups excluding carboxylic acids is 2. The van der Waals surface area contributed by atoms with Gasteiger partial charge in [0.05, 0.1) is 10.9 Å². The van der Waals surface area contributed by atoms with Gasteiger partial charge >= 0.3 is 0 Å². The molecular formula is C21H15N5O2S3. The number of amides is 2. The van der Waals surface area contributed by atoms with Crippen molar-refractivity contribution in [2.24, 2.45) is 5.92 Å².